The number of hydrogen-bond acceptors (Lipinski definition) is 8. The molecule has 3 aliphatic rings. The van der Waals surface area contributed by atoms with Crippen LogP contribution in [0.5, 0.6) is 5.75 Å². The smallest absolute Gasteiger partial charge is 0.348 e. The third-order valence-corrected chi connectivity index (χ3v) is 8.64. The van der Waals surface area contributed by atoms with Gasteiger partial charge < -0.3 is 18.9 Å². The molecule has 5 heterocycles. The summed E-state index contributed by atoms with van der Waals surface area (Å²) in [4.78, 5) is 33.1. The van der Waals surface area contributed by atoms with Gasteiger partial charge in [0, 0.05) is 47.2 Å². The van der Waals surface area contributed by atoms with Crippen LogP contribution in [0.2, 0.25) is 0 Å². The van der Waals surface area contributed by atoms with Gasteiger partial charge in [-0.05, 0) is 88.7 Å². The summed E-state index contributed by atoms with van der Waals surface area (Å²) in [5, 5.41) is 4.85. The second-order valence-corrected chi connectivity index (χ2v) is 11.4. The lowest BCUT2D eigenvalue weighted by Gasteiger charge is -2.31. The van der Waals surface area contributed by atoms with Gasteiger partial charge in [0.15, 0.2) is 23.6 Å². The van der Waals surface area contributed by atoms with Crippen molar-refractivity contribution in [3.8, 4) is 5.75 Å². The van der Waals surface area contributed by atoms with Crippen molar-refractivity contribution in [3.63, 3.8) is 0 Å². The zero-order valence-corrected chi connectivity index (χ0v) is 23.8. The molecule has 0 amide bonds. The Morgan fingerprint density at radius 3 is 2.84 bits per heavy atom. The summed E-state index contributed by atoms with van der Waals surface area (Å²) < 4.78 is 68.0. The summed E-state index contributed by atoms with van der Waals surface area (Å²) in [7, 11) is 0. The SMILES string of the molecule is [2H]C([2H])(c1c(C)nc2n(c1=O)CCC[C@@H]2OC(=O)[C@@H]1CCc2ccccc2O1)C([2H])([2H])N1CCC(c2noc3cc(F)ccc23)CC1. The number of aromatic nitrogens is 3. The standard InChI is InChI=1S/C33H35FN4O5/c1-20-24(14-18-37-16-12-22(13-17-37)30-25-10-9-23(34)19-29(25)43-36-30)32(39)38-15-4-7-27(31(38)35-20)42-33(40)28-11-8-21-5-2-3-6-26(21)41-28/h2-3,5-6,9-10,19,22,27-28H,4,7-8,11-18H2,1H3/t27-,28-/m0/s1/i14D2,18D2. The van der Waals surface area contributed by atoms with Gasteiger partial charge in [0.1, 0.15) is 11.6 Å². The highest BCUT2D eigenvalue weighted by Crippen LogP contribution is 2.34. The van der Waals surface area contributed by atoms with Gasteiger partial charge in [-0.25, -0.2) is 14.2 Å². The van der Waals surface area contributed by atoms with E-state index in [1.807, 2.05) is 24.3 Å². The van der Waals surface area contributed by atoms with Gasteiger partial charge in [-0.15, -0.1) is 0 Å². The first-order chi connectivity index (χ1) is 22.5. The monoisotopic (exact) mass is 590 g/mol. The van der Waals surface area contributed by atoms with Gasteiger partial charge in [0.2, 0.25) is 0 Å². The number of piperidine rings is 1. The first-order valence-electron chi connectivity index (χ1n) is 16.8. The van der Waals surface area contributed by atoms with E-state index in [4.69, 9.17) is 19.5 Å². The number of nitrogens with zero attached hydrogens (tertiary/aromatic N) is 4. The van der Waals surface area contributed by atoms with Crippen molar-refractivity contribution in [2.24, 2.45) is 0 Å². The predicted octanol–water partition coefficient (Wildman–Crippen LogP) is 5.03. The fourth-order valence-electron chi connectivity index (χ4n) is 6.29. The lowest BCUT2D eigenvalue weighted by Crippen LogP contribution is -2.39. The molecule has 224 valence electrons. The van der Waals surface area contributed by atoms with Gasteiger partial charge in [0.25, 0.3) is 5.56 Å². The molecule has 1 saturated heterocycles. The van der Waals surface area contributed by atoms with E-state index in [9.17, 15) is 14.0 Å². The van der Waals surface area contributed by atoms with E-state index in [2.05, 4.69) is 10.1 Å². The van der Waals surface area contributed by atoms with Gasteiger partial charge in [-0.1, -0.05) is 23.4 Å². The molecule has 0 saturated carbocycles. The molecule has 0 radical (unpaired) electrons. The Hall–Kier alpha value is -4.05. The molecule has 0 aliphatic carbocycles. The largest absolute Gasteiger partial charge is 0.478 e. The number of para-hydroxylation sites is 1. The fraction of sp³-hybridized carbons (Fsp3) is 0.455. The maximum atomic E-state index is 13.9. The number of fused-ring (bicyclic) bond motifs is 3. The van der Waals surface area contributed by atoms with Crippen molar-refractivity contribution in [3.05, 3.63) is 87.0 Å². The number of aryl methyl sites for hydroxylation is 2. The molecule has 3 aliphatic heterocycles. The van der Waals surface area contributed by atoms with E-state index in [1.54, 1.807) is 6.07 Å². The average molecular weight is 591 g/mol. The van der Waals surface area contributed by atoms with E-state index in [0.717, 1.165) is 5.56 Å². The predicted molar refractivity (Wildman–Crippen MR) is 157 cm³/mol. The normalized spacial score (nSPS) is 22.8. The summed E-state index contributed by atoms with van der Waals surface area (Å²) in [5.41, 5.74) is 1.06. The van der Waals surface area contributed by atoms with Crippen molar-refractivity contribution >= 4 is 16.9 Å². The van der Waals surface area contributed by atoms with E-state index < -0.39 is 42.4 Å². The topological polar surface area (TPSA) is 99.7 Å². The Kier molecular flexibility index (Phi) is 6.29. The molecule has 0 unspecified atom stereocenters. The van der Waals surface area contributed by atoms with Crippen LogP contribution in [0, 0.1) is 12.7 Å². The first kappa shape index (κ1) is 23.4. The zero-order valence-electron chi connectivity index (χ0n) is 27.8. The van der Waals surface area contributed by atoms with E-state index in [0.29, 0.717) is 60.9 Å². The lowest BCUT2D eigenvalue weighted by molar-refractivity contribution is -0.160. The molecular formula is C33H35FN4O5. The molecule has 2 aromatic heterocycles. The molecule has 2 aromatic carbocycles. The van der Waals surface area contributed by atoms with E-state index in [1.165, 1.54) is 28.5 Å². The Morgan fingerprint density at radius 1 is 1.14 bits per heavy atom. The molecule has 7 rings (SSSR count). The third-order valence-electron chi connectivity index (χ3n) is 8.64. The van der Waals surface area contributed by atoms with Crippen LogP contribution in [-0.4, -0.2) is 51.3 Å². The average Bonchev–Trinajstić information content (AvgIpc) is 3.48. The Balaban J connectivity index is 1.09. The van der Waals surface area contributed by atoms with Gasteiger partial charge in [-0.3, -0.25) is 9.36 Å². The Morgan fingerprint density at radius 2 is 1.98 bits per heavy atom. The highest BCUT2D eigenvalue weighted by Gasteiger charge is 2.33. The van der Waals surface area contributed by atoms with Crippen molar-refractivity contribution in [1.82, 2.24) is 19.6 Å². The fourth-order valence-corrected chi connectivity index (χ4v) is 6.29. The molecule has 4 aromatic rings. The maximum absolute atomic E-state index is 13.9. The minimum absolute atomic E-state index is 0.0529. The minimum Gasteiger partial charge on any atom is -0.478 e. The summed E-state index contributed by atoms with van der Waals surface area (Å²) >= 11 is 0. The number of esters is 1. The lowest BCUT2D eigenvalue weighted by atomic mass is 9.91. The molecule has 2 atom stereocenters. The molecule has 0 bridgehead atoms. The van der Waals surface area contributed by atoms with Crippen molar-refractivity contribution in [2.75, 3.05) is 19.6 Å². The number of benzene rings is 2. The number of likely N-dealkylation sites (tertiary alicyclic amines) is 1. The number of hydrogen-bond donors (Lipinski definition) is 0. The molecule has 43 heavy (non-hydrogen) atoms. The molecule has 0 N–H and O–H groups in total. The van der Waals surface area contributed by atoms with Crippen LogP contribution in [0.3, 0.4) is 0 Å². The summed E-state index contributed by atoms with van der Waals surface area (Å²) in [6.07, 6.45) is -1.31. The van der Waals surface area contributed by atoms with E-state index in [-0.39, 0.29) is 42.6 Å². The van der Waals surface area contributed by atoms with Crippen LogP contribution in [0.25, 0.3) is 11.0 Å². The van der Waals surface area contributed by atoms with Crippen molar-refractivity contribution in [2.45, 2.75) is 76.5 Å². The highest BCUT2D eigenvalue weighted by atomic mass is 19.1. The summed E-state index contributed by atoms with van der Waals surface area (Å²) in [5.74, 6) is -0.182. The summed E-state index contributed by atoms with van der Waals surface area (Å²) in [6, 6.07) is 11.8. The number of ether oxygens (including phenoxy) is 2. The van der Waals surface area contributed by atoms with Gasteiger partial charge in [-0.2, -0.15) is 0 Å². The van der Waals surface area contributed by atoms with Crippen LogP contribution in [0.4, 0.5) is 4.39 Å². The number of halogens is 1. The van der Waals surface area contributed by atoms with Crippen molar-refractivity contribution < 1.29 is 28.7 Å². The van der Waals surface area contributed by atoms with Crippen LogP contribution < -0.4 is 10.3 Å². The maximum Gasteiger partial charge on any atom is 0.348 e. The number of carbonyl (C=O) groups is 1. The number of rotatable bonds is 6. The zero-order chi connectivity index (χ0) is 33.1. The van der Waals surface area contributed by atoms with Crippen LogP contribution in [-0.2, 0) is 28.9 Å². The highest BCUT2D eigenvalue weighted by molar-refractivity contribution is 5.80. The summed E-state index contributed by atoms with van der Waals surface area (Å²) in [6.45, 7) is -0.405. The van der Waals surface area contributed by atoms with Gasteiger partial charge >= 0.3 is 5.97 Å². The molecular weight excluding hydrogens is 551 g/mol. The van der Waals surface area contributed by atoms with Crippen molar-refractivity contribution in [1.29, 1.82) is 0 Å². The second kappa shape index (κ2) is 11.6. The van der Waals surface area contributed by atoms with Crippen LogP contribution in [0.15, 0.2) is 51.8 Å². The molecule has 0 spiro atoms. The van der Waals surface area contributed by atoms with Crippen LogP contribution in [0.1, 0.15) is 77.9 Å². The molecule has 10 heteroatoms. The quantitative estimate of drug-likeness (QED) is 0.289. The molecule has 1 fully saturated rings. The van der Waals surface area contributed by atoms with Gasteiger partial charge in [0.05, 0.1) is 5.69 Å². The van der Waals surface area contributed by atoms with Crippen LogP contribution >= 0.6 is 0 Å². The van der Waals surface area contributed by atoms with E-state index >= 15 is 0 Å². The Bertz CT molecular complexity index is 1910. The minimum atomic E-state index is -2.72. The third kappa shape index (κ3) is 5.44. The first-order valence-corrected chi connectivity index (χ1v) is 14.8. The second-order valence-electron chi connectivity index (χ2n) is 11.4. The Labute approximate surface area is 254 Å². The molecule has 9 nitrogen and oxygen atoms in total. The number of carbonyl (C=O) groups excluding carboxylic acids is 1.